The van der Waals surface area contributed by atoms with Gasteiger partial charge in [0.15, 0.2) is 0 Å². The van der Waals surface area contributed by atoms with Crippen molar-refractivity contribution in [2.75, 3.05) is 10.6 Å². The molecule has 16 nitrogen and oxygen atoms in total. The van der Waals surface area contributed by atoms with Crippen molar-refractivity contribution in [1.82, 2.24) is 15.0 Å². The number of aromatic hydroxyl groups is 1. The average molecular weight is 776 g/mol. The van der Waals surface area contributed by atoms with Gasteiger partial charge in [-0.2, -0.15) is 52.2 Å². The second-order valence-electron chi connectivity index (χ2n) is 12.2. The molecule has 0 aliphatic rings. The number of benzene rings is 6. The maximum Gasteiger partial charge on any atom is 0.320 e. The number of azo groups is 2. The molecule has 0 saturated heterocycles. The van der Waals surface area contributed by atoms with Crippen LogP contribution >= 0.6 is 0 Å². The van der Waals surface area contributed by atoms with E-state index in [1.54, 1.807) is 84.9 Å². The van der Waals surface area contributed by atoms with Crippen molar-refractivity contribution in [2.45, 2.75) is 23.6 Å². The fraction of sp³-hybridized carbons (Fsp3) is 0.0541. The van der Waals surface area contributed by atoms with Crippen LogP contribution in [0.25, 0.3) is 21.5 Å². The van der Waals surface area contributed by atoms with Gasteiger partial charge in [-0.1, -0.05) is 36.4 Å². The van der Waals surface area contributed by atoms with E-state index in [9.17, 15) is 31.0 Å². The molecule has 5 N–H and O–H groups in total. The molecule has 7 aromatic rings. The minimum Gasteiger partial charge on any atom is -0.479 e. The molecule has 276 valence electrons. The van der Waals surface area contributed by atoms with Crippen molar-refractivity contribution >= 4 is 87.8 Å². The van der Waals surface area contributed by atoms with Gasteiger partial charge in [0, 0.05) is 22.1 Å². The maximum absolute atomic E-state index is 11.7. The molecule has 0 saturated carbocycles. The van der Waals surface area contributed by atoms with Crippen LogP contribution in [0, 0.1) is 13.8 Å². The van der Waals surface area contributed by atoms with Crippen LogP contribution in [0.5, 0.6) is 6.01 Å². The largest absolute Gasteiger partial charge is 0.479 e. The first-order valence-electron chi connectivity index (χ1n) is 16.2. The molecular weight excluding hydrogens is 747 g/mol. The lowest BCUT2D eigenvalue weighted by atomic mass is 10.1. The molecule has 0 radical (unpaired) electrons. The Morgan fingerprint density at radius 2 is 0.964 bits per heavy atom. The molecule has 6 aromatic carbocycles. The summed E-state index contributed by atoms with van der Waals surface area (Å²) in [5.74, 6) is 0.149. The zero-order chi connectivity index (χ0) is 38.9. The van der Waals surface area contributed by atoms with Gasteiger partial charge in [0.2, 0.25) is 11.9 Å². The zero-order valence-corrected chi connectivity index (χ0v) is 30.4. The van der Waals surface area contributed by atoms with E-state index in [4.69, 9.17) is 0 Å². The number of aromatic nitrogens is 3. The highest BCUT2D eigenvalue weighted by atomic mass is 32.2. The van der Waals surface area contributed by atoms with Crippen molar-refractivity contribution < 1.29 is 31.0 Å². The van der Waals surface area contributed by atoms with E-state index >= 15 is 0 Å². The fourth-order valence-electron chi connectivity index (χ4n) is 5.71. The molecule has 0 aliphatic heterocycles. The Hall–Kier alpha value is -6.73. The lowest BCUT2D eigenvalue weighted by Gasteiger charge is -2.10. The SMILES string of the molecule is Cc1cc(Nc2nc(O)nc(Nc3ccc(/N=N/c4ccc5c(S(=O)(=O)O)cccc5c4)c(C)c3)n2)ccc1/N=N/c1ccc2c(S(=O)(=O)O)cccc2c1. The minimum atomic E-state index is -4.38. The molecule has 0 fully saturated rings. The van der Waals surface area contributed by atoms with Crippen LogP contribution < -0.4 is 10.6 Å². The number of hydrogen-bond donors (Lipinski definition) is 5. The molecule has 0 unspecified atom stereocenters. The molecule has 0 atom stereocenters. The van der Waals surface area contributed by atoms with Crippen LogP contribution in [0.1, 0.15) is 11.1 Å². The molecule has 0 spiro atoms. The summed E-state index contributed by atoms with van der Waals surface area (Å²) in [6.07, 6.45) is 0. The lowest BCUT2D eigenvalue weighted by molar-refractivity contribution is 0.430. The molecule has 0 bridgehead atoms. The Balaban J connectivity index is 1.02. The third-order valence-corrected chi connectivity index (χ3v) is 10.1. The molecular formula is C37H29N9O7S2. The summed E-state index contributed by atoms with van der Waals surface area (Å²) < 4.78 is 65.9. The van der Waals surface area contributed by atoms with Crippen molar-refractivity contribution in [3.63, 3.8) is 0 Å². The van der Waals surface area contributed by atoms with Gasteiger partial charge in [0.25, 0.3) is 20.2 Å². The van der Waals surface area contributed by atoms with Gasteiger partial charge in [-0.05, 0) is 109 Å². The van der Waals surface area contributed by atoms with Gasteiger partial charge in [0.05, 0.1) is 22.7 Å². The predicted molar refractivity (Wildman–Crippen MR) is 206 cm³/mol. The van der Waals surface area contributed by atoms with E-state index in [0.717, 1.165) is 11.1 Å². The van der Waals surface area contributed by atoms with Crippen LogP contribution in [-0.4, -0.2) is 46.0 Å². The molecule has 1 heterocycles. The highest BCUT2D eigenvalue weighted by Crippen LogP contribution is 2.32. The molecule has 1 aromatic heterocycles. The van der Waals surface area contributed by atoms with Crippen molar-refractivity contribution in [3.8, 4) is 6.01 Å². The Bertz CT molecular complexity index is 2750. The second-order valence-corrected chi connectivity index (χ2v) is 15.0. The van der Waals surface area contributed by atoms with Crippen LogP contribution in [0.15, 0.2) is 139 Å². The van der Waals surface area contributed by atoms with E-state index in [2.05, 4.69) is 46.0 Å². The summed E-state index contributed by atoms with van der Waals surface area (Å²) in [5.41, 5.74) is 4.85. The quantitative estimate of drug-likeness (QED) is 0.0645. The van der Waals surface area contributed by atoms with Gasteiger partial charge >= 0.3 is 6.01 Å². The van der Waals surface area contributed by atoms with Crippen molar-refractivity contribution in [1.29, 1.82) is 0 Å². The van der Waals surface area contributed by atoms with Gasteiger partial charge in [-0.3, -0.25) is 9.11 Å². The summed E-state index contributed by atoms with van der Waals surface area (Å²) in [7, 11) is -8.76. The average Bonchev–Trinajstić information content (AvgIpc) is 3.12. The Morgan fingerprint density at radius 1 is 0.527 bits per heavy atom. The zero-order valence-electron chi connectivity index (χ0n) is 28.8. The summed E-state index contributed by atoms with van der Waals surface area (Å²) in [4.78, 5) is 12.0. The first kappa shape index (κ1) is 36.6. The summed E-state index contributed by atoms with van der Waals surface area (Å²) >= 11 is 0. The standard InChI is InChI=1S/C37H29N9O7S2/c1-21-17-25(11-15-31(21)45-43-27-9-13-29-23(19-27)5-3-7-33(29)54(48,49)50)38-35-40-36(42-37(47)41-35)39-26-12-16-32(22(2)18-26)46-44-28-10-14-30-24(20-28)6-4-8-34(30)55(51,52)53/h3-20H,1-2H3,(H,48,49,50)(H,51,52,53)(H3,38,39,40,41,42,47)/b45-43+,46-44+. The van der Waals surface area contributed by atoms with Gasteiger partial charge in [-0.25, -0.2) is 0 Å². The van der Waals surface area contributed by atoms with E-state index in [-0.39, 0.29) is 21.7 Å². The van der Waals surface area contributed by atoms with Crippen molar-refractivity contribution in [3.05, 3.63) is 120 Å². The van der Waals surface area contributed by atoms with Crippen molar-refractivity contribution in [2.24, 2.45) is 20.5 Å². The Kier molecular flexibility index (Phi) is 9.72. The topological polar surface area (TPSA) is 241 Å². The monoisotopic (exact) mass is 775 g/mol. The van der Waals surface area contributed by atoms with Crippen LogP contribution in [0.3, 0.4) is 0 Å². The van der Waals surface area contributed by atoms with Crippen LogP contribution in [-0.2, 0) is 20.2 Å². The predicted octanol–water partition coefficient (Wildman–Crippen LogP) is 9.31. The van der Waals surface area contributed by atoms with Gasteiger partial charge in [0.1, 0.15) is 9.79 Å². The lowest BCUT2D eigenvalue weighted by Crippen LogP contribution is -2.03. The summed E-state index contributed by atoms with van der Waals surface area (Å²) in [5, 5.41) is 35.5. The molecule has 0 aliphatic carbocycles. The second kappa shape index (κ2) is 14.6. The maximum atomic E-state index is 11.7. The number of nitrogens with zero attached hydrogens (tertiary/aromatic N) is 7. The molecule has 55 heavy (non-hydrogen) atoms. The highest BCUT2D eigenvalue weighted by molar-refractivity contribution is 7.86. The smallest absolute Gasteiger partial charge is 0.320 e. The van der Waals surface area contributed by atoms with Gasteiger partial charge in [-0.15, -0.1) is 0 Å². The third kappa shape index (κ3) is 8.42. The summed E-state index contributed by atoms with van der Waals surface area (Å²) in [6.45, 7) is 3.68. The number of fused-ring (bicyclic) bond motifs is 2. The molecule has 0 amide bonds. The van der Waals surface area contributed by atoms with Crippen LogP contribution in [0.2, 0.25) is 0 Å². The number of rotatable bonds is 10. The first-order valence-corrected chi connectivity index (χ1v) is 19.1. The van der Waals surface area contributed by atoms with E-state index in [1.165, 1.54) is 24.3 Å². The third-order valence-electron chi connectivity index (χ3n) is 8.28. The molecule has 18 heteroatoms. The fourth-order valence-corrected chi connectivity index (χ4v) is 7.13. The Morgan fingerprint density at radius 3 is 1.36 bits per heavy atom. The number of hydrogen-bond acceptors (Lipinski definition) is 14. The first-order chi connectivity index (χ1) is 26.2. The van der Waals surface area contributed by atoms with Gasteiger partial charge < -0.3 is 15.7 Å². The van der Waals surface area contributed by atoms with E-state index in [0.29, 0.717) is 55.7 Å². The minimum absolute atomic E-state index is 0.0745. The van der Waals surface area contributed by atoms with E-state index < -0.39 is 26.2 Å². The normalized spacial score (nSPS) is 12.2. The highest BCUT2D eigenvalue weighted by Gasteiger charge is 2.15. The van der Waals surface area contributed by atoms with Crippen LogP contribution in [0.4, 0.5) is 46.0 Å². The number of aryl methyl sites for hydroxylation is 2. The van der Waals surface area contributed by atoms with E-state index in [1.807, 2.05) is 13.8 Å². The number of anilines is 4. The Labute approximate surface area is 313 Å². The summed E-state index contributed by atoms with van der Waals surface area (Å²) in [6, 6.07) is 28.9. The molecule has 7 rings (SSSR count). The number of nitrogens with one attached hydrogen (secondary N) is 2.